The van der Waals surface area contributed by atoms with Crippen molar-refractivity contribution in [1.82, 2.24) is 15.8 Å². The van der Waals surface area contributed by atoms with E-state index in [-0.39, 0.29) is 24.0 Å². The first-order valence-corrected chi connectivity index (χ1v) is 7.17. The smallest absolute Gasteiger partial charge is 0.191 e. The molecule has 0 fully saturated rings. The Morgan fingerprint density at radius 1 is 1.32 bits per heavy atom. The Morgan fingerprint density at radius 2 is 2.14 bits per heavy atom. The van der Waals surface area contributed by atoms with Crippen molar-refractivity contribution in [3.05, 3.63) is 41.2 Å². The molecule has 2 heterocycles. The number of nitrogens with zero attached hydrogens (tertiary/aromatic N) is 2. The molecule has 0 bridgehead atoms. The molecule has 0 saturated carbocycles. The van der Waals surface area contributed by atoms with Crippen LogP contribution < -0.4 is 10.6 Å². The Bertz CT molecular complexity index is 559. The molecule has 2 N–H and O–H groups in total. The Kier molecular flexibility index (Phi) is 8.00. The van der Waals surface area contributed by atoms with E-state index < -0.39 is 0 Å². The van der Waals surface area contributed by atoms with Gasteiger partial charge < -0.3 is 19.6 Å². The van der Waals surface area contributed by atoms with E-state index in [4.69, 9.17) is 8.94 Å². The highest BCUT2D eigenvalue weighted by Crippen LogP contribution is 2.12. The number of hydrogen-bond acceptors (Lipinski definition) is 4. The van der Waals surface area contributed by atoms with Gasteiger partial charge in [0.25, 0.3) is 0 Å². The highest BCUT2D eigenvalue weighted by atomic mass is 127. The molecule has 7 heteroatoms. The third kappa shape index (κ3) is 5.36. The van der Waals surface area contributed by atoms with Gasteiger partial charge in [0.05, 0.1) is 12.0 Å². The lowest BCUT2D eigenvalue weighted by molar-refractivity contribution is 0.392. The van der Waals surface area contributed by atoms with Crippen LogP contribution in [0, 0.1) is 13.8 Å². The lowest BCUT2D eigenvalue weighted by Crippen LogP contribution is -2.38. The van der Waals surface area contributed by atoms with Gasteiger partial charge in [-0.1, -0.05) is 5.16 Å². The van der Waals surface area contributed by atoms with E-state index >= 15 is 0 Å². The van der Waals surface area contributed by atoms with E-state index in [1.165, 1.54) is 0 Å². The summed E-state index contributed by atoms with van der Waals surface area (Å²) >= 11 is 0. The second-order valence-electron chi connectivity index (χ2n) is 4.75. The van der Waals surface area contributed by atoms with Crippen molar-refractivity contribution in [2.45, 2.75) is 33.7 Å². The van der Waals surface area contributed by atoms with Crippen molar-refractivity contribution in [2.75, 3.05) is 13.1 Å². The number of aliphatic imine (C=N–C) groups is 1. The molecule has 2 rings (SSSR count). The van der Waals surface area contributed by atoms with Gasteiger partial charge in [0.1, 0.15) is 18.1 Å². The zero-order valence-electron chi connectivity index (χ0n) is 13.2. The Morgan fingerprint density at radius 3 is 2.73 bits per heavy atom. The lowest BCUT2D eigenvalue weighted by Gasteiger charge is -2.10. The number of nitrogens with one attached hydrogen (secondary N) is 2. The summed E-state index contributed by atoms with van der Waals surface area (Å²) in [6.07, 6.45) is 2.51. The molecule has 122 valence electrons. The third-order valence-corrected chi connectivity index (χ3v) is 3.17. The first-order chi connectivity index (χ1) is 10.2. The molecule has 6 nitrogen and oxygen atoms in total. The second kappa shape index (κ2) is 9.50. The Hall–Kier alpha value is -1.51. The average molecular weight is 418 g/mol. The first-order valence-electron chi connectivity index (χ1n) is 7.17. The van der Waals surface area contributed by atoms with E-state index in [1.807, 2.05) is 32.9 Å². The van der Waals surface area contributed by atoms with Gasteiger partial charge in [-0.05, 0) is 39.3 Å². The molecule has 2 aromatic heterocycles. The van der Waals surface area contributed by atoms with Gasteiger partial charge in [-0.3, -0.25) is 0 Å². The second-order valence-corrected chi connectivity index (χ2v) is 4.75. The van der Waals surface area contributed by atoms with Gasteiger partial charge >= 0.3 is 0 Å². The number of aryl methyl sites for hydroxylation is 2. The van der Waals surface area contributed by atoms with Crippen LogP contribution in [0.15, 0.2) is 32.3 Å². The molecule has 22 heavy (non-hydrogen) atoms. The van der Waals surface area contributed by atoms with Crippen LogP contribution in [0.25, 0.3) is 0 Å². The van der Waals surface area contributed by atoms with Crippen LogP contribution in [0.2, 0.25) is 0 Å². The summed E-state index contributed by atoms with van der Waals surface area (Å²) in [6, 6.07) is 3.78. The van der Waals surface area contributed by atoms with E-state index in [2.05, 4.69) is 20.8 Å². The van der Waals surface area contributed by atoms with Crippen LogP contribution in [0.1, 0.15) is 29.7 Å². The van der Waals surface area contributed by atoms with Gasteiger partial charge in [-0.25, -0.2) is 4.99 Å². The van der Waals surface area contributed by atoms with Gasteiger partial charge in [0.15, 0.2) is 5.96 Å². The van der Waals surface area contributed by atoms with Crippen molar-refractivity contribution in [2.24, 2.45) is 4.99 Å². The molecule has 2 aromatic rings. The maximum Gasteiger partial charge on any atom is 0.191 e. The van der Waals surface area contributed by atoms with Crippen molar-refractivity contribution in [3.63, 3.8) is 0 Å². The fraction of sp³-hybridized carbons (Fsp3) is 0.467. The quantitative estimate of drug-likeness (QED) is 0.429. The molecule has 0 unspecified atom stereocenters. The summed E-state index contributed by atoms with van der Waals surface area (Å²) in [5, 5.41) is 10.5. The fourth-order valence-electron chi connectivity index (χ4n) is 2.07. The van der Waals surface area contributed by atoms with Crippen LogP contribution in [0.5, 0.6) is 0 Å². The molecule has 0 amide bonds. The number of aromatic nitrogens is 1. The average Bonchev–Trinajstić information content (AvgIpc) is 3.09. The Labute approximate surface area is 147 Å². The standard InChI is InChI=1S/C15H22N4O2.HI/c1-4-16-15(18-10-13-6-5-9-20-13)17-8-7-14-11(2)19-21-12(14)3;/h5-6,9H,4,7-8,10H2,1-3H3,(H2,16,17,18);1H. The summed E-state index contributed by atoms with van der Waals surface area (Å²) in [7, 11) is 0. The number of rotatable bonds is 6. The predicted molar refractivity (Wildman–Crippen MR) is 96.6 cm³/mol. The van der Waals surface area contributed by atoms with Gasteiger partial charge in [-0.15, -0.1) is 24.0 Å². The minimum absolute atomic E-state index is 0. The maximum absolute atomic E-state index is 5.27. The predicted octanol–water partition coefficient (Wildman–Crippen LogP) is 2.80. The van der Waals surface area contributed by atoms with Gasteiger partial charge in [0, 0.05) is 18.7 Å². The van der Waals surface area contributed by atoms with E-state index in [0.717, 1.165) is 48.2 Å². The summed E-state index contributed by atoms with van der Waals surface area (Å²) in [4.78, 5) is 4.48. The highest BCUT2D eigenvalue weighted by molar-refractivity contribution is 14.0. The SMILES string of the molecule is CCNC(=NCc1ccco1)NCCc1c(C)noc1C.I. The van der Waals surface area contributed by atoms with Crippen molar-refractivity contribution in [1.29, 1.82) is 0 Å². The largest absolute Gasteiger partial charge is 0.467 e. The van der Waals surface area contributed by atoms with E-state index in [9.17, 15) is 0 Å². The topological polar surface area (TPSA) is 75.6 Å². The summed E-state index contributed by atoms with van der Waals surface area (Å²) in [6.45, 7) is 8.04. The molecule has 0 aliphatic carbocycles. The lowest BCUT2D eigenvalue weighted by atomic mass is 10.1. The van der Waals surface area contributed by atoms with Gasteiger partial charge in [-0.2, -0.15) is 0 Å². The molecule has 0 aromatic carbocycles. The molecule has 0 saturated heterocycles. The van der Waals surface area contributed by atoms with Crippen LogP contribution in [-0.2, 0) is 13.0 Å². The summed E-state index contributed by atoms with van der Waals surface area (Å²) in [5.74, 6) is 2.51. The number of furan rings is 1. The molecular weight excluding hydrogens is 395 g/mol. The third-order valence-electron chi connectivity index (χ3n) is 3.17. The number of guanidine groups is 1. The Balaban J connectivity index is 0.00000242. The number of halogens is 1. The van der Waals surface area contributed by atoms with E-state index in [1.54, 1.807) is 6.26 Å². The molecular formula is C15H23IN4O2. The van der Waals surface area contributed by atoms with Crippen molar-refractivity contribution >= 4 is 29.9 Å². The molecule has 0 radical (unpaired) electrons. The molecule has 0 aliphatic rings. The molecule has 0 atom stereocenters. The van der Waals surface area contributed by atoms with E-state index in [0.29, 0.717) is 6.54 Å². The fourth-order valence-corrected chi connectivity index (χ4v) is 2.07. The van der Waals surface area contributed by atoms with Crippen LogP contribution in [0.4, 0.5) is 0 Å². The normalized spacial score (nSPS) is 11.1. The van der Waals surface area contributed by atoms with Crippen molar-refractivity contribution < 1.29 is 8.94 Å². The number of hydrogen-bond donors (Lipinski definition) is 2. The molecule has 0 aliphatic heterocycles. The van der Waals surface area contributed by atoms with Gasteiger partial charge in [0.2, 0.25) is 0 Å². The maximum atomic E-state index is 5.27. The highest BCUT2D eigenvalue weighted by Gasteiger charge is 2.08. The minimum atomic E-state index is 0. The monoisotopic (exact) mass is 418 g/mol. The van der Waals surface area contributed by atoms with Crippen molar-refractivity contribution in [3.8, 4) is 0 Å². The zero-order valence-corrected chi connectivity index (χ0v) is 15.5. The van der Waals surface area contributed by atoms with Crippen LogP contribution in [0.3, 0.4) is 0 Å². The first kappa shape index (κ1) is 18.5. The minimum Gasteiger partial charge on any atom is -0.467 e. The van der Waals surface area contributed by atoms with Crippen LogP contribution in [-0.4, -0.2) is 24.2 Å². The molecule has 0 spiro atoms. The summed E-state index contributed by atoms with van der Waals surface area (Å²) < 4.78 is 10.4. The summed E-state index contributed by atoms with van der Waals surface area (Å²) in [5.41, 5.74) is 2.11. The zero-order chi connectivity index (χ0) is 15.1. The van der Waals surface area contributed by atoms with Crippen LogP contribution >= 0.6 is 24.0 Å².